The van der Waals surface area contributed by atoms with Crippen molar-refractivity contribution in [3.05, 3.63) is 17.1 Å². The fraction of sp³-hybridized carbons (Fsp3) is 0.467. The highest BCUT2D eigenvalue weighted by molar-refractivity contribution is 7.14. The van der Waals surface area contributed by atoms with Gasteiger partial charge in [0.25, 0.3) is 0 Å². The molecule has 6 heteroatoms. The van der Waals surface area contributed by atoms with E-state index in [-0.39, 0.29) is 0 Å². The fourth-order valence-electron chi connectivity index (χ4n) is 2.23. The van der Waals surface area contributed by atoms with E-state index < -0.39 is 0 Å². The number of aryl methyl sites for hydroxylation is 1. The summed E-state index contributed by atoms with van der Waals surface area (Å²) in [6, 6.07) is 0. The van der Waals surface area contributed by atoms with Crippen molar-refractivity contribution in [1.82, 2.24) is 9.78 Å². The second kappa shape index (κ2) is 5.89. The molecular formula is C15H18N2O3S. The zero-order chi connectivity index (χ0) is 14.8. The molecule has 0 bridgehead atoms. The van der Waals surface area contributed by atoms with Gasteiger partial charge in [0, 0.05) is 18.1 Å². The Balaban J connectivity index is 1.94. The third kappa shape index (κ3) is 2.81. The van der Waals surface area contributed by atoms with Crippen LogP contribution in [0, 0.1) is 5.92 Å². The Labute approximate surface area is 127 Å². The van der Waals surface area contributed by atoms with Gasteiger partial charge in [0.15, 0.2) is 17.8 Å². The predicted octanol–water partition coefficient (Wildman–Crippen LogP) is 3.24. The molecule has 5 nitrogen and oxygen atoms in total. The monoisotopic (exact) mass is 306 g/mol. The first-order valence-electron chi connectivity index (χ1n) is 7.09. The van der Waals surface area contributed by atoms with Gasteiger partial charge in [0.05, 0.1) is 5.56 Å². The molecule has 3 rings (SSSR count). The Morgan fingerprint density at radius 2 is 2.24 bits per heavy atom. The molecule has 0 spiro atoms. The molecule has 0 amide bonds. The van der Waals surface area contributed by atoms with Crippen LogP contribution in [0.25, 0.3) is 10.6 Å². The highest BCUT2D eigenvalue weighted by Crippen LogP contribution is 2.45. The Hall–Kier alpha value is -1.82. The number of aromatic nitrogens is 2. The lowest BCUT2D eigenvalue weighted by atomic mass is 10.1. The molecule has 2 aromatic rings. The third-order valence-corrected chi connectivity index (χ3v) is 4.32. The van der Waals surface area contributed by atoms with E-state index in [1.54, 1.807) is 6.20 Å². The molecule has 0 saturated carbocycles. The Kier molecular flexibility index (Phi) is 3.96. The summed E-state index contributed by atoms with van der Waals surface area (Å²) in [7, 11) is 0. The van der Waals surface area contributed by atoms with Crippen molar-refractivity contribution < 1.29 is 14.3 Å². The van der Waals surface area contributed by atoms with E-state index in [1.807, 2.05) is 10.1 Å². The van der Waals surface area contributed by atoms with Gasteiger partial charge in [-0.15, -0.1) is 11.3 Å². The second-order valence-electron chi connectivity index (χ2n) is 5.45. The zero-order valence-corrected chi connectivity index (χ0v) is 13.0. The molecule has 21 heavy (non-hydrogen) atoms. The summed E-state index contributed by atoms with van der Waals surface area (Å²) in [6.07, 6.45) is 3.69. The maximum atomic E-state index is 11.3. The van der Waals surface area contributed by atoms with Gasteiger partial charge >= 0.3 is 0 Å². The van der Waals surface area contributed by atoms with Crippen LogP contribution in [0.5, 0.6) is 11.5 Å². The molecule has 2 aromatic heterocycles. The van der Waals surface area contributed by atoms with E-state index in [0.29, 0.717) is 36.1 Å². The van der Waals surface area contributed by atoms with Gasteiger partial charge in [-0.2, -0.15) is 5.10 Å². The predicted molar refractivity (Wildman–Crippen MR) is 81.4 cm³/mol. The Bertz CT molecular complexity index is 645. The number of rotatable bonds is 5. The maximum absolute atomic E-state index is 11.3. The minimum atomic E-state index is 0.529. The third-order valence-electron chi connectivity index (χ3n) is 3.37. The van der Waals surface area contributed by atoms with Crippen molar-refractivity contribution in [3.63, 3.8) is 0 Å². The maximum Gasteiger partial charge on any atom is 0.181 e. The van der Waals surface area contributed by atoms with Crippen LogP contribution in [0.3, 0.4) is 0 Å². The molecule has 0 unspecified atom stereocenters. The number of fused-ring (bicyclic) bond motifs is 1. The van der Waals surface area contributed by atoms with Crippen LogP contribution in [0.2, 0.25) is 0 Å². The summed E-state index contributed by atoms with van der Waals surface area (Å²) in [5.41, 5.74) is 1.28. The minimum Gasteiger partial charge on any atom is -0.485 e. The molecule has 1 aliphatic rings. The van der Waals surface area contributed by atoms with Crippen molar-refractivity contribution in [1.29, 1.82) is 0 Å². The van der Waals surface area contributed by atoms with Crippen LogP contribution >= 0.6 is 11.3 Å². The molecule has 0 fully saturated rings. The van der Waals surface area contributed by atoms with Crippen LogP contribution in [-0.4, -0.2) is 29.3 Å². The number of ether oxygens (including phenoxy) is 2. The average Bonchev–Trinajstić information content (AvgIpc) is 3.08. The van der Waals surface area contributed by atoms with Crippen molar-refractivity contribution in [2.24, 2.45) is 5.92 Å². The molecule has 0 radical (unpaired) electrons. The first kappa shape index (κ1) is 14.1. The van der Waals surface area contributed by atoms with Crippen molar-refractivity contribution in [2.45, 2.75) is 26.8 Å². The minimum absolute atomic E-state index is 0.529. The number of hydrogen-bond donors (Lipinski definition) is 0. The summed E-state index contributed by atoms with van der Waals surface area (Å²) in [5, 5.41) is 6.47. The molecule has 3 heterocycles. The molecule has 0 atom stereocenters. The van der Waals surface area contributed by atoms with Crippen LogP contribution in [0.4, 0.5) is 0 Å². The second-order valence-corrected chi connectivity index (χ2v) is 6.33. The summed E-state index contributed by atoms with van der Waals surface area (Å²) >= 11 is 1.50. The number of carbonyl (C=O) groups excluding carboxylic acids is 1. The highest BCUT2D eigenvalue weighted by atomic mass is 32.1. The fourth-order valence-corrected chi connectivity index (χ4v) is 3.17. The smallest absolute Gasteiger partial charge is 0.181 e. The lowest BCUT2D eigenvalue weighted by molar-refractivity contribution is 0.112. The van der Waals surface area contributed by atoms with Crippen LogP contribution < -0.4 is 9.47 Å². The van der Waals surface area contributed by atoms with Gasteiger partial charge in [0.1, 0.15) is 23.8 Å². The molecule has 0 aromatic carbocycles. The number of carbonyl (C=O) groups is 1. The Morgan fingerprint density at radius 3 is 3.00 bits per heavy atom. The summed E-state index contributed by atoms with van der Waals surface area (Å²) in [6.45, 7) is 6.24. The van der Waals surface area contributed by atoms with Gasteiger partial charge in [-0.05, 0) is 12.3 Å². The molecule has 0 aliphatic carbocycles. The molecule has 112 valence electrons. The number of hydrogen-bond acceptors (Lipinski definition) is 5. The number of nitrogens with zero attached hydrogens (tertiary/aromatic N) is 2. The van der Waals surface area contributed by atoms with Gasteiger partial charge in [-0.25, -0.2) is 0 Å². The lowest BCUT2D eigenvalue weighted by Gasteiger charge is -2.15. The first-order valence-corrected chi connectivity index (χ1v) is 7.97. The normalized spacial score (nSPS) is 13.7. The van der Waals surface area contributed by atoms with E-state index in [2.05, 4.69) is 18.9 Å². The Morgan fingerprint density at radius 1 is 1.43 bits per heavy atom. The van der Waals surface area contributed by atoms with E-state index in [1.165, 1.54) is 11.3 Å². The summed E-state index contributed by atoms with van der Waals surface area (Å²) < 4.78 is 13.1. The van der Waals surface area contributed by atoms with Crippen molar-refractivity contribution >= 4 is 17.6 Å². The lowest BCUT2D eigenvalue weighted by Crippen LogP contribution is -2.14. The molecule has 1 aliphatic heterocycles. The van der Waals surface area contributed by atoms with Crippen LogP contribution in [0.15, 0.2) is 11.6 Å². The largest absolute Gasteiger partial charge is 0.485 e. The van der Waals surface area contributed by atoms with Gasteiger partial charge in [0.2, 0.25) is 0 Å². The van der Waals surface area contributed by atoms with Crippen LogP contribution in [-0.2, 0) is 6.54 Å². The molecule has 0 saturated heterocycles. The number of aldehydes is 1. The summed E-state index contributed by atoms with van der Waals surface area (Å²) in [5.74, 6) is 2.06. The standard InChI is InChI=1S/C15H18N2O3S/c1-10(2)3-4-17-7-11(8-18)13(16-17)15-14-12(9-21-15)19-5-6-20-14/h7-10H,3-6H2,1-2H3. The van der Waals surface area contributed by atoms with Crippen LogP contribution in [0.1, 0.15) is 30.6 Å². The van der Waals surface area contributed by atoms with Crippen molar-refractivity contribution in [2.75, 3.05) is 13.2 Å². The van der Waals surface area contributed by atoms with Crippen molar-refractivity contribution in [3.8, 4) is 22.1 Å². The van der Waals surface area contributed by atoms with E-state index in [4.69, 9.17) is 9.47 Å². The average molecular weight is 306 g/mol. The first-order chi connectivity index (χ1) is 10.2. The molecular weight excluding hydrogens is 288 g/mol. The van der Waals surface area contributed by atoms with Gasteiger partial charge < -0.3 is 9.47 Å². The molecule has 0 N–H and O–H groups in total. The quantitative estimate of drug-likeness (QED) is 0.796. The summed E-state index contributed by atoms with van der Waals surface area (Å²) in [4.78, 5) is 12.2. The zero-order valence-electron chi connectivity index (χ0n) is 12.2. The topological polar surface area (TPSA) is 53.4 Å². The van der Waals surface area contributed by atoms with Gasteiger partial charge in [-0.3, -0.25) is 9.48 Å². The van der Waals surface area contributed by atoms with E-state index in [9.17, 15) is 4.79 Å². The van der Waals surface area contributed by atoms with E-state index in [0.717, 1.165) is 29.9 Å². The van der Waals surface area contributed by atoms with Gasteiger partial charge in [-0.1, -0.05) is 13.8 Å². The highest BCUT2D eigenvalue weighted by Gasteiger charge is 2.23. The number of thiophene rings is 1. The van der Waals surface area contributed by atoms with E-state index >= 15 is 0 Å². The SMILES string of the molecule is CC(C)CCn1cc(C=O)c(-c2scc3c2OCCO3)n1.